The maximum atomic E-state index is 3.78. The van der Waals surface area contributed by atoms with Crippen LogP contribution >= 0.6 is 0 Å². The van der Waals surface area contributed by atoms with Crippen LogP contribution in [-0.4, -0.2) is 35.1 Å². The first kappa shape index (κ1) is 12.4. The Bertz CT molecular complexity index is 589. The van der Waals surface area contributed by atoms with Gasteiger partial charge in [0.15, 0.2) is 0 Å². The lowest BCUT2D eigenvalue weighted by atomic mass is 9.97. The van der Waals surface area contributed by atoms with Crippen LogP contribution in [0.3, 0.4) is 0 Å². The summed E-state index contributed by atoms with van der Waals surface area (Å²) in [5.41, 5.74) is 2.64. The van der Waals surface area contributed by atoms with Crippen molar-refractivity contribution in [1.29, 1.82) is 0 Å². The van der Waals surface area contributed by atoms with Crippen molar-refractivity contribution in [2.75, 3.05) is 13.1 Å². The molecule has 2 saturated heterocycles. The Kier molecular flexibility index (Phi) is 3.25. The number of nitrogens with one attached hydrogen (secondary N) is 2. The van der Waals surface area contributed by atoms with Gasteiger partial charge in [-0.15, -0.1) is 0 Å². The molecule has 2 aromatic rings. The van der Waals surface area contributed by atoms with Gasteiger partial charge in [0, 0.05) is 35.7 Å². The molecule has 3 heteroatoms. The number of rotatable bonds is 3. The number of benzene rings is 1. The number of aromatic nitrogens is 1. The second-order valence-electron chi connectivity index (χ2n) is 6.29. The van der Waals surface area contributed by atoms with Crippen molar-refractivity contribution in [3.8, 4) is 0 Å². The van der Waals surface area contributed by atoms with E-state index in [0.29, 0.717) is 6.04 Å². The van der Waals surface area contributed by atoms with Gasteiger partial charge in [0.1, 0.15) is 0 Å². The van der Waals surface area contributed by atoms with E-state index in [0.717, 1.165) is 12.6 Å². The van der Waals surface area contributed by atoms with Gasteiger partial charge in [-0.1, -0.05) is 18.2 Å². The van der Waals surface area contributed by atoms with Crippen LogP contribution in [0.15, 0.2) is 30.5 Å². The molecule has 0 bridgehead atoms. The number of piperidine rings is 1. The molecule has 2 atom stereocenters. The summed E-state index contributed by atoms with van der Waals surface area (Å²) in [6, 6.07) is 10.1. The van der Waals surface area contributed by atoms with E-state index in [1.807, 2.05) is 0 Å². The first-order valence-corrected chi connectivity index (χ1v) is 7.92. The molecule has 2 unspecified atom stereocenters. The standard InChI is InChI=1S/C17H23N3/c1-2-6-17-16(5-1)13(12-19-17)11-18-14-7-9-20-8-3-4-15(20)10-14/h1-2,5-6,12,14-15,18-19H,3-4,7-11H2. The molecule has 2 fully saturated rings. The second-order valence-corrected chi connectivity index (χ2v) is 6.29. The Hall–Kier alpha value is -1.32. The Morgan fingerprint density at radius 2 is 2.15 bits per heavy atom. The van der Waals surface area contributed by atoms with Gasteiger partial charge in [0.05, 0.1) is 0 Å². The quantitative estimate of drug-likeness (QED) is 0.897. The van der Waals surface area contributed by atoms with Gasteiger partial charge in [0.2, 0.25) is 0 Å². The molecule has 2 N–H and O–H groups in total. The fraction of sp³-hybridized carbons (Fsp3) is 0.529. The molecular weight excluding hydrogens is 246 g/mol. The zero-order chi connectivity index (χ0) is 13.4. The smallest absolute Gasteiger partial charge is 0.0457 e. The van der Waals surface area contributed by atoms with Gasteiger partial charge in [-0.05, 0) is 50.4 Å². The van der Waals surface area contributed by atoms with Gasteiger partial charge in [-0.3, -0.25) is 0 Å². The molecule has 0 spiro atoms. The normalized spacial score (nSPS) is 27.0. The Morgan fingerprint density at radius 1 is 1.20 bits per heavy atom. The van der Waals surface area contributed by atoms with E-state index in [2.05, 4.69) is 45.7 Å². The van der Waals surface area contributed by atoms with Crippen molar-refractivity contribution in [2.45, 2.75) is 44.3 Å². The minimum Gasteiger partial charge on any atom is -0.361 e. The first-order valence-electron chi connectivity index (χ1n) is 7.92. The number of aromatic amines is 1. The molecule has 0 aliphatic carbocycles. The van der Waals surface area contributed by atoms with E-state index in [9.17, 15) is 0 Å². The van der Waals surface area contributed by atoms with Crippen LogP contribution in [0.4, 0.5) is 0 Å². The second kappa shape index (κ2) is 5.23. The predicted molar refractivity (Wildman–Crippen MR) is 82.8 cm³/mol. The highest BCUT2D eigenvalue weighted by molar-refractivity contribution is 5.82. The van der Waals surface area contributed by atoms with Gasteiger partial charge < -0.3 is 15.2 Å². The van der Waals surface area contributed by atoms with E-state index in [1.54, 1.807) is 0 Å². The molecular formula is C17H23N3. The van der Waals surface area contributed by atoms with Crippen molar-refractivity contribution in [1.82, 2.24) is 15.2 Å². The van der Waals surface area contributed by atoms with Crippen LogP contribution in [0.1, 0.15) is 31.2 Å². The van der Waals surface area contributed by atoms with Crippen LogP contribution in [0.25, 0.3) is 10.9 Å². The molecule has 0 amide bonds. The molecule has 3 nitrogen and oxygen atoms in total. The maximum absolute atomic E-state index is 3.78. The number of fused-ring (bicyclic) bond motifs is 2. The summed E-state index contributed by atoms with van der Waals surface area (Å²) in [6.07, 6.45) is 7.61. The number of para-hydroxylation sites is 1. The molecule has 2 aliphatic heterocycles. The van der Waals surface area contributed by atoms with Crippen molar-refractivity contribution in [3.63, 3.8) is 0 Å². The predicted octanol–water partition coefficient (Wildman–Crippen LogP) is 2.88. The van der Waals surface area contributed by atoms with E-state index in [1.165, 1.54) is 55.2 Å². The van der Waals surface area contributed by atoms with Crippen LogP contribution in [0.2, 0.25) is 0 Å². The number of H-pyrrole nitrogens is 1. The lowest BCUT2D eigenvalue weighted by Gasteiger charge is -2.35. The van der Waals surface area contributed by atoms with Gasteiger partial charge >= 0.3 is 0 Å². The Morgan fingerprint density at radius 3 is 3.15 bits per heavy atom. The van der Waals surface area contributed by atoms with Crippen molar-refractivity contribution >= 4 is 10.9 Å². The minimum absolute atomic E-state index is 0.697. The molecule has 0 saturated carbocycles. The highest BCUT2D eigenvalue weighted by Crippen LogP contribution is 2.27. The Labute approximate surface area is 120 Å². The van der Waals surface area contributed by atoms with E-state index in [-0.39, 0.29) is 0 Å². The van der Waals surface area contributed by atoms with Crippen LogP contribution in [0.5, 0.6) is 0 Å². The van der Waals surface area contributed by atoms with Crippen molar-refractivity contribution in [2.24, 2.45) is 0 Å². The molecule has 1 aromatic carbocycles. The van der Waals surface area contributed by atoms with Crippen molar-refractivity contribution in [3.05, 3.63) is 36.0 Å². The number of hydrogen-bond donors (Lipinski definition) is 2. The average molecular weight is 269 g/mol. The largest absolute Gasteiger partial charge is 0.361 e. The first-order chi connectivity index (χ1) is 9.90. The topological polar surface area (TPSA) is 31.1 Å². The monoisotopic (exact) mass is 269 g/mol. The summed E-state index contributed by atoms with van der Waals surface area (Å²) in [5, 5.41) is 5.14. The summed E-state index contributed by atoms with van der Waals surface area (Å²) in [6.45, 7) is 3.61. The average Bonchev–Trinajstić information content (AvgIpc) is 3.11. The number of nitrogens with zero attached hydrogens (tertiary/aromatic N) is 1. The lowest BCUT2D eigenvalue weighted by molar-refractivity contribution is 0.166. The zero-order valence-electron chi connectivity index (χ0n) is 11.9. The van der Waals surface area contributed by atoms with Crippen LogP contribution in [0, 0.1) is 0 Å². The molecule has 2 aliphatic rings. The summed E-state index contributed by atoms with van der Waals surface area (Å²) >= 11 is 0. The highest BCUT2D eigenvalue weighted by atomic mass is 15.2. The Balaban J connectivity index is 1.40. The van der Waals surface area contributed by atoms with Gasteiger partial charge in [0.25, 0.3) is 0 Å². The van der Waals surface area contributed by atoms with Gasteiger partial charge in [-0.2, -0.15) is 0 Å². The van der Waals surface area contributed by atoms with E-state index < -0.39 is 0 Å². The van der Waals surface area contributed by atoms with Gasteiger partial charge in [-0.25, -0.2) is 0 Å². The summed E-state index contributed by atoms with van der Waals surface area (Å²) in [5.74, 6) is 0. The van der Waals surface area contributed by atoms with E-state index in [4.69, 9.17) is 0 Å². The fourth-order valence-corrected chi connectivity index (χ4v) is 3.94. The molecule has 0 radical (unpaired) electrons. The van der Waals surface area contributed by atoms with Crippen LogP contribution < -0.4 is 5.32 Å². The third-order valence-corrected chi connectivity index (χ3v) is 5.08. The van der Waals surface area contributed by atoms with Crippen LogP contribution in [-0.2, 0) is 6.54 Å². The lowest BCUT2D eigenvalue weighted by Crippen LogP contribution is -2.45. The third kappa shape index (κ3) is 2.25. The SMILES string of the molecule is c1ccc2c(CNC3CCN4CCCC4C3)c[nH]c2c1. The maximum Gasteiger partial charge on any atom is 0.0457 e. The molecule has 106 valence electrons. The number of hydrogen-bond acceptors (Lipinski definition) is 2. The highest BCUT2D eigenvalue weighted by Gasteiger charge is 2.31. The third-order valence-electron chi connectivity index (χ3n) is 5.08. The van der Waals surface area contributed by atoms with E-state index >= 15 is 0 Å². The summed E-state index contributed by atoms with van der Waals surface area (Å²) < 4.78 is 0. The van der Waals surface area contributed by atoms with Crippen molar-refractivity contribution < 1.29 is 0 Å². The summed E-state index contributed by atoms with van der Waals surface area (Å²) in [4.78, 5) is 6.05. The molecule has 4 rings (SSSR count). The summed E-state index contributed by atoms with van der Waals surface area (Å²) in [7, 11) is 0. The molecule has 20 heavy (non-hydrogen) atoms. The molecule has 1 aromatic heterocycles. The minimum atomic E-state index is 0.697. The zero-order valence-corrected chi connectivity index (χ0v) is 11.9. The fourth-order valence-electron chi connectivity index (χ4n) is 3.94. The molecule has 3 heterocycles.